The average Bonchev–Trinajstić information content (AvgIpc) is 2.68. The molecule has 29 heavy (non-hydrogen) atoms. The van der Waals surface area contributed by atoms with Crippen molar-refractivity contribution in [1.82, 2.24) is 15.5 Å². The van der Waals surface area contributed by atoms with Crippen LogP contribution in [0.2, 0.25) is 0 Å². The molecule has 1 saturated heterocycles. The molecule has 1 saturated carbocycles. The third-order valence-electron chi connectivity index (χ3n) is 5.80. The Morgan fingerprint density at radius 3 is 2.41 bits per heavy atom. The fourth-order valence-corrected chi connectivity index (χ4v) is 4.42. The van der Waals surface area contributed by atoms with E-state index in [-0.39, 0.29) is 18.3 Å². The summed E-state index contributed by atoms with van der Waals surface area (Å²) in [6.07, 6.45) is 4.16. The van der Waals surface area contributed by atoms with E-state index in [1.807, 2.05) is 0 Å². The quantitative estimate of drug-likeness (QED) is 0.504. The number of rotatable bonds is 6. The molecule has 2 aliphatic rings. The Kier molecular flexibility index (Phi) is 8.33. The van der Waals surface area contributed by atoms with E-state index in [0.717, 1.165) is 57.8 Å². The van der Waals surface area contributed by atoms with Gasteiger partial charge in [-0.2, -0.15) is 0 Å². The van der Waals surface area contributed by atoms with E-state index in [4.69, 9.17) is 9.73 Å². The number of morpholine rings is 1. The van der Waals surface area contributed by atoms with Crippen molar-refractivity contribution in [3.05, 3.63) is 35.4 Å². The van der Waals surface area contributed by atoms with Gasteiger partial charge in [0.05, 0.1) is 24.9 Å². The zero-order chi connectivity index (χ0) is 20.6. The predicted octanol–water partition coefficient (Wildman–Crippen LogP) is 2.65. The van der Waals surface area contributed by atoms with E-state index >= 15 is 0 Å². The molecule has 1 aliphatic carbocycles. The number of aliphatic imine (C=N–C) groups is 1. The van der Waals surface area contributed by atoms with Gasteiger partial charge in [-0.3, -0.25) is 4.90 Å². The number of hydrogen-bond acceptors (Lipinski definition) is 4. The van der Waals surface area contributed by atoms with Gasteiger partial charge in [0.15, 0.2) is 5.96 Å². The number of hydrogen-bond donors (Lipinski definition) is 3. The molecule has 6 nitrogen and oxygen atoms in total. The summed E-state index contributed by atoms with van der Waals surface area (Å²) in [6, 6.07) is 9.02. The molecule has 6 heteroatoms. The number of nitrogens with zero attached hydrogens (tertiary/aromatic N) is 2. The van der Waals surface area contributed by atoms with Gasteiger partial charge in [0, 0.05) is 32.2 Å². The van der Waals surface area contributed by atoms with Crippen molar-refractivity contribution in [1.29, 1.82) is 0 Å². The van der Waals surface area contributed by atoms with E-state index in [1.54, 1.807) is 0 Å². The first kappa shape index (κ1) is 22.1. The highest BCUT2D eigenvalue weighted by Gasteiger charge is 2.23. The summed E-state index contributed by atoms with van der Waals surface area (Å²) < 4.78 is 5.87. The first-order valence-corrected chi connectivity index (χ1v) is 11.2. The Balaban J connectivity index is 1.63. The standard InChI is InChI=1S/C23H38N4O2/c1-4-24-23(26-21-9-11-22(28)12-10-21)25-13-19-7-5-6-8-20(19)16-27-14-17(2)29-18(3)15-27/h5-8,17-18,21-22,28H,4,9-16H2,1-3H3,(H2,24,25,26). The largest absolute Gasteiger partial charge is 0.393 e. The molecule has 0 radical (unpaired) electrons. The number of benzene rings is 1. The third kappa shape index (κ3) is 6.98. The van der Waals surface area contributed by atoms with Crippen molar-refractivity contribution in [2.75, 3.05) is 19.6 Å². The average molecular weight is 403 g/mol. The number of ether oxygens (including phenoxy) is 1. The molecule has 0 spiro atoms. The zero-order valence-corrected chi connectivity index (χ0v) is 18.2. The lowest BCUT2D eigenvalue weighted by molar-refractivity contribution is -0.0705. The van der Waals surface area contributed by atoms with Gasteiger partial charge in [-0.1, -0.05) is 24.3 Å². The lowest BCUT2D eigenvalue weighted by atomic mass is 9.93. The van der Waals surface area contributed by atoms with E-state index in [2.05, 4.69) is 60.6 Å². The van der Waals surface area contributed by atoms with Gasteiger partial charge in [-0.15, -0.1) is 0 Å². The molecule has 1 aromatic carbocycles. The van der Waals surface area contributed by atoms with Crippen molar-refractivity contribution in [3.63, 3.8) is 0 Å². The second-order valence-electron chi connectivity index (χ2n) is 8.57. The van der Waals surface area contributed by atoms with Crippen LogP contribution >= 0.6 is 0 Å². The first-order valence-electron chi connectivity index (χ1n) is 11.2. The molecular weight excluding hydrogens is 364 g/mol. The smallest absolute Gasteiger partial charge is 0.191 e. The van der Waals surface area contributed by atoms with Gasteiger partial charge in [-0.25, -0.2) is 4.99 Å². The summed E-state index contributed by atoms with van der Waals surface area (Å²) in [5.41, 5.74) is 2.62. The van der Waals surface area contributed by atoms with Gasteiger partial charge in [0.1, 0.15) is 0 Å². The summed E-state index contributed by atoms with van der Waals surface area (Å²) in [6.45, 7) is 10.8. The predicted molar refractivity (Wildman–Crippen MR) is 118 cm³/mol. The number of aliphatic hydroxyl groups excluding tert-OH is 1. The van der Waals surface area contributed by atoms with Crippen LogP contribution in [0.5, 0.6) is 0 Å². The Bertz CT molecular complexity index is 648. The summed E-state index contributed by atoms with van der Waals surface area (Å²) >= 11 is 0. The highest BCUT2D eigenvalue weighted by atomic mass is 16.5. The fraction of sp³-hybridized carbons (Fsp3) is 0.696. The normalized spacial score (nSPS) is 28.9. The lowest BCUT2D eigenvalue weighted by Gasteiger charge is -2.35. The Morgan fingerprint density at radius 2 is 1.76 bits per heavy atom. The summed E-state index contributed by atoms with van der Waals surface area (Å²) in [5.74, 6) is 0.873. The van der Waals surface area contributed by atoms with Gasteiger partial charge >= 0.3 is 0 Å². The second-order valence-corrected chi connectivity index (χ2v) is 8.57. The number of aliphatic hydroxyl groups is 1. The Hall–Kier alpha value is -1.63. The molecule has 2 fully saturated rings. The van der Waals surface area contributed by atoms with E-state index in [9.17, 15) is 5.11 Å². The summed E-state index contributed by atoms with van der Waals surface area (Å²) in [5, 5.41) is 16.7. The molecule has 1 aliphatic heterocycles. The van der Waals surface area contributed by atoms with Gasteiger partial charge in [-0.05, 0) is 57.6 Å². The van der Waals surface area contributed by atoms with Crippen LogP contribution in [-0.4, -0.2) is 60.0 Å². The van der Waals surface area contributed by atoms with Crippen LogP contribution in [0.4, 0.5) is 0 Å². The molecule has 0 aromatic heterocycles. The van der Waals surface area contributed by atoms with Crippen molar-refractivity contribution >= 4 is 5.96 Å². The molecule has 2 unspecified atom stereocenters. The van der Waals surface area contributed by atoms with Gasteiger partial charge in [0.25, 0.3) is 0 Å². The fourth-order valence-electron chi connectivity index (χ4n) is 4.42. The highest BCUT2D eigenvalue weighted by molar-refractivity contribution is 5.80. The van der Waals surface area contributed by atoms with Crippen LogP contribution in [-0.2, 0) is 17.8 Å². The maximum Gasteiger partial charge on any atom is 0.191 e. The van der Waals surface area contributed by atoms with Crippen LogP contribution < -0.4 is 10.6 Å². The van der Waals surface area contributed by atoms with Crippen LogP contribution in [0.3, 0.4) is 0 Å². The first-order chi connectivity index (χ1) is 14.0. The van der Waals surface area contributed by atoms with Crippen LogP contribution in [0.1, 0.15) is 57.6 Å². The maximum absolute atomic E-state index is 9.73. The van der Waals surface area contributed by atoms with E-state index < -0.39 is 0 Å². The lowest BCUT2D eigenvalue weighted by Crippen LogP contribution is -2.45. The minimum Gasteiger partial charge on any atom is -0.393 e. The molecule has 162 valence electrons. The molecule has 1 heterocycles. The number of nitrogens with one attached hydrogen (secondary N) is 2. The molecular formula is C23H38N4O2. The monoisotopic (exact) mass is 402 g/mol. The van der Waals surface area contributed by atoms with Gasteiger partial charge < -0.3 is 20.5 Å². The van der Waals surface area contributed by atoms with Crippen molar-refractivity contribution in [2.24, 2.45) is 4.99 Å². The number of guanidine groups is 1. The molecule has 0 amide bonds. The second kappa shape index (κ2) is 11.0. The topological polar surface area (TPSA) is 69.1 Å². The summed E-state index contributed by atoms with van der Waals surface area (Å²) in [4.78, 5) is 7.35. The van der Waals surface area contributed by atoms with Crippen LogP contribution in [0, 0.1) is 0 Å². The molecule has 2 atom stereocenters. The maximum atomic E-state index is 9.73. The minimum absolute atomic E-state index is 0.134. The third-order valence-corrected chi connectivity index (χ3v) is 5.80. The van der Waals surface area contributed by atoms with Crippen LogP contribution in [0.15, 0.2) is 29.3 Å². The SMILES string of the molecule is CCNC(=NCc1ccccc1CN1CC(C)OC(C)C1)NC1CCC(O)CC1. The molecule has 0 bridgehead atoms. The van der Waals surface area contributed by atoms with E-state index in [0.29, 0.717) is 12.6 Å². The highest BCUT2D eigenvalue weighted by Crippen LogP contribution is 2.19. The Labute approximate surface area is 175 Å². The van der Waals surface area contributed by atoms with Crippen LogP contribution in [0.25, 0.3) is 0 Å². The Morgan fingerprint density at radius 1 is 1.10 bits per heavy atom. The molecule has 3 rings (SSSR count). The molecule has 1 aromatic rings. The van der Waals surface area contributed by atoms with Gasteiger partial charge in [0.2, 0.25) is 0 Å². The minimum atomic E-state index is -0.134. The van der Waals surface area contributed by atoms with Crippen molar-refractivity contribution in [2.45, 2.75) is 83.9 Å². The van der Waals surface area contributed by atoms with E-state index in [1.165, 1.54) is 11.1 Å². The zero-order valence-electron chi connectivity index (χ0n) is 18.2. The van der Waals surface area contributed by atoms with Crippen molar-refractivity contribution in [3.8, 4) is 0 Å². The van der Waals surface area contributed by atoms with Crippen molar-refractivity contribution < 1.29 is 9.84 Å². The molecule has 3 N–H and O–H groups in total. The summed E-state index contributed by atoms with van der Waals surface area (Å²) in [7, 11) is 0.